The van der Waals surface area contributed by atoms with Gasteiger partial charge < -0.3 is 14.5 Å². The van der Waals surface area contributed by atoms with Crippen molar-refractivity contribution < 1.29 is 9.53 Å². The van der Waals surface area contributed by atoms with Gasteiger partial charge in [-0.3, -0.25) is 0 Å². The third-order valence-corrected chi connectivity index (χ3v) is 6.08. The van der Waals surface area contributed by atoms with E-state index >= 15 is 0 Å². The third kappa shape index (κ3) is 6.39. The topological polar surface area (TPSA) is 57.5 Å². The lowest BCUT2D eigenvalue weighted by molar-refractivity contribution is -0.136. The van der Waals surface area contributed by atoms with E-state index in [-0.39, 0.29) is 6.61 Å². The molecule has 3 aromatic carbocycles. The van der Waals surface area contributed by atoms with Crippen LogP contribution in [0, 0.1) is 41.5 Å². The Balaban J connectivity index is 1.96. The summed E-state index contributed by atoms with van der Waals surface area (Å²) in [5, 5.41) is 8.65. The predicted octanol–water partition coefficient (Wildman–Crippen LogP) is 6.19. The lowest BCUT2D eigenvalue weighted by atomic mass is 10.0. The van der Waals surface area contributed by atoms with Gasteiger partial charge in [0.1, 0.15) is 12.8 Å². The fraction of sp³-hybridized carbons (Fsp3) is 0.300. The number of nitrogens with zero attached hydrogens (tertiary/aromatic N) is 4. The van der Waals surface area contributed by atoms with Crippen LogP contribution >= 0.6 is 0 Å². The van der Waals surface area contributed by atoms with Crippen molar-refractivity contribution in [2.45, 2.75) is 48.1 Å². The molecule has 0 aromatic heterocycles. The minimum absolute atomic E-state index is 0.186. The largest absolute Gasteiger partial charge is 0.456 e. The third-order valence-electron chi connectivity index (χ3n) is 6.08. The zero-order valence-corrected chi connectivity index (χ0v) is 22.6. The molecule has 0 unspecified atom stereocenters. The van der Waals surface area contributed by atoms with Crippen molar-refractivity contribution in [3.05, 3.63) is 93.5 Å². The van der Waals surface area contributed by atoms with Crippen LogP contribution < -0.4 is 9.80 Å². The Morgan fingerprint density at radius 2 is 1.22 bits per heavy atom. The number of ether oxygens (including phenoxy) is 1. The number of aryl methyl sites for hydroxylation is 6. The lowest BCUT2D eigenvalue weighted by Gasteiger charge is -2.32. The van der Waals surface area contributed by atoms with Crippen LogP contribution in [0.5, 0.6) is 0 Å². The molecule has 6 heteroatoms. The second-order valence-electron chi connectivity index (χ2n) is 9.35. The molecule has 0 spiro atoms. The van der Waals surface area contributed by atoms with Gasteiger partial charge in [0.05, 0.1) is 0 Å². The van der Waals surface area contributed by atoms with E-state index in [0.717, 1.165) is 45.4 Å². The van der Waals surface area contributed by atoms with Crippen molar-refractivity contribution >= 4 is 29.5 Å². The molecule has 0 aliphatic heterocycles. The molecule has 36 heavy (non-hydrogen) atoms. The summed E-state index contributed by atoms with van der Waals surface area (Å²) in [5.74, 6) is 0.0462. The minimum Gasteiger partial charge on any atom is -0.456 e. The smallest absolute Gasteiger partial charge is 0.351 e. The summed E-state index contributed by atoms with van der Waals surface area (Å²) in [7, 11) is 3.95. The normalized spacial score (nSPS) is 10.9. The quantitative estimate of drug-likeness (QED) is 0.181. The Morgan fingerprint density at radius 1 is 0.778 bits per heavy atom. The van der Waals surface area contributed by atoms with Gasteiger partial charge in [-0.2, -0.15) is 0 Å². The molecule has 3 aromatic rings. The number of hydrogen-bond donors (Lipinski definition) is 0. The van der Waals surface area contributed by atoms with E-state index in [0.29, 0.717) is 5.96 Å². The summed E-state index contributed by atoms with van der Waals surface area (Å²) in [6.45, 7) is 12.7. The highest BCUT2D eigenvalue weighted by molar-refractivity contribution is 6.23. The van der Waals surface area contributed by atoms with Crippen molar-refractivity contribution in [2.24, 2.45) is 10.2 Å². The molecule has 6 nitrogen and oxygen atoms in total. The van der Waals surface area contributed by atoms with Crippen molar-refractivity contribution in [1.82, 2.24) is 0 Å². The van der Waals surface area contributed by atoms with E-state index in [1.54, 1.807) is 0 Å². The molecule has 0 saturated heterocycles. The minimum atomic E-state index is -0.544. The molecular weight excluding hydrogens is 448 g/mol. The molecule has 0 radical (unpaired) electrons. The Morgan fingerprint density at radius 3 is 1.67 bits per heavy atom. The van der Waals surface area contributed by atoms with Gasteiger partial charge in [-0.05, 0) is 69.4 Å². The van der Waals surface area contributed by atoms with Crippen LogP contribution in [-0.2, 0) is 16.1 Å². The van der Waals surface area contributed by atoms with Crippen LogP contribution in [0.2, 0.25) is 0 Å². The highest BCUT2D eigenvalue weighted by Gasteiger charge is 2.21. The highest BCUT2D eigenvalue weighted by atomic mass is 16.5. The molecule has 0 saturated carbocycles. The Bertz CT molecular complexity index is 1180. The number of hydrogen-bond acceptors (Lipinski definition) is 4. The maximum absolute atomic E-state index is 12.3. The summed E-state index contributed by atoms with van der Waals surface area (Å²) >= 11 is 0. The summed E-state index contributed by atoms with van der Waals surface area (Å²) in [5.41, 5.74) is 9.99. The van der Waals surface area contributed by atoms with Crippen LogP contribution in [-0.4, -0.2) is 32.2 Å². The Labute approximate surface area is 214 Å². The van der Waals surface area contributed by atoms with Crippen molar-refractivity contribution in [2.75, 3.05) is 23.9 Å². The van der Waals surface area contributed by atoms with E-state index in [2.05, 4.69) is 76.0 Å². The van der Waals surface area contributed by atoms with E-state index in [1.807, 2.05) is 54.2 Å². The number of guanidine groups is 1. The number of benzene rings is 3. The molecule has 0 aliphatic rings. The van der Waals surface area contributed by atoms with Gasteiger partial charge in [-0.25, -0.2) is 4.79 Å². The molecule has 0 N–H and O–H groups in total. The molecule has 0 fully saturated rings. The Kier molecular flexibility index (Phi) is 8.64. The standard InChI is InChI=1S/C30H36N4O2/c1-20-14-22(3)28(23(4)15-20)33(7)30(34(8)29-24(5)16-21(2)17-25(29)6)32-31-18-27(35)36-19-26-12-10-9-11-13-26/h9-18H,19H2,1-8H3/b31-18+. The van der Waals surface area contributed by atoms with E-state index < -0.39 is 5.97 Å². The van der Waals surface area contributed by atoms with Gasteiger partial charge in [0.15, 0.2) is 0 Å². The molecule has 188 valence electrons. The van der Waals surface area contributed by atoms with Gasteiger partial charge in [0.2, 0.25) is 5.96 Å². The van der Waals surface area contributed by atoms with Gasteiger partial charge >= 0.3 is 5.97 Å². The molecule has 0 aliphatic carbocycles. The number of esters is 1. The monoisotopic (exact) mass is 484 g/mol. The number of rotatable bonds is 6. The fourth-order valence-corrected chi connectivity index (χ4v) is 4.86. The number of carbonyl (C=O) groups excluding carboxylic acids is 1. The molecule has 0 heterocycles. The van der Waals surface area contributed by atoms with Gasteiger partial charge in [0.25, 0.3) is 0 Å². The van der Waals surface area contributed by atoms with Gasteiger partial charge in [-0.1, -0.05) is 65.7 Å². The summed E-state index contributed by atoms with van der Waals surface area (Å²) < 4.78 is 5.32. The molecular formula is C30H36N4O2. The second-order valence-corrected chi connectivity index (χ2v) is 9.35. The molecule has 0 atom stereocenters. The van der Waals surface area contributed by atoms with E-state index in [9.17, 15) is 4.79 Å². The van der Waals surface area contributed by atoms with Crippen molar-refractivity contribution in [1.29, 1.82) is 0 Å². The zero-order valence-electron chi connectivity index (χ0n) is 22.6. The van der Waals surface area contributed by atoms with Crippen LogP contribution in [0.3, 0.4) is 0 Å². The first-order chi connectivity index (χ1) is 17.1. The van der Waals surface area contributed by atoms with Crippen molar-refractivity contribution in [3.8, 4) is 0 Å². The lowest BCUT2D eigenvalue weighted by Crippen LogP contribution is -2.41. The average molecular weight is 485 g/mol. The molecule has 0 amide bonds. The molecule has 0 bridgehead atoms. The van der Waals surface area contributed by atoms with Crippen LogP contribution in [0.25, 0.3) is 0 Å². The van der Waals surface area contributed by atoms with Crippen LogP contribution in [0.4, 0.5) is 11.4 Å². The Hall–Kier alpha value is -3.93. The highest BCUT2D eigenvalue weighted by Crippen LogP contribution is 2.30. The first-order valence-electron chi connectivity index (χ1n) is 12.0. The van der Waals surface area contributed by atoms with Crippen LogP contribution in [0.1, 0.15) is 38.9 Å². The number of anilines is 2. The van der Waals surface area contributed by atoms with E-state index in [1.165, 1.54) is 11.1 Å². The van der Waals surface area contributed by atoms with Gasteiger partial charge in [-0.15, -0.1) is 10.2 Å². The van der Waals surface area contributed by atoms with E-state index in [4.69, 9.17) is 4.74 Å². The predicted molar refractivity (Wildman–Crippen MR) is 150 cm³/mol. The maximum Gasteiger partial charge on any atom is 0.351 e. The van der Waals surface area contributed by atoms with Gasteiger partial charge in [0, 0.05) is 25.5 Å². The first kappa shape index (κ1) is 26.7. The maximum atomic E-state index is 12.3. The zero-order chi connectivity index (χ0) is 26.4. The summed E-state index contributed by atoms with van der Waals surface area (Å²) in [6.07, 6.45) is 1.12. The fourth-order valence-electron chi connectivity index (χ4n) is 4.86. The molecule has 3 rings (SSSR count). The average Bonchev–Trinajstić information content (AvgIpc) is 2.79. The SMILES string of the molecule is Cc1cc(C)c(N(C)C(=N/N=C/C(=O)OCc2ccccc2)N(C)c2c(C)cc(C)cc2C)c(C)c1. The van der Waals surface area contributed by atoms with Crippen LogP contribution in [0.15, 0.2) is 64.8 Å². The second kappa shape index (κ2) is 11.7. The first-order valence-corrected chi connectivity index (χ1v) is 12.0. The number of carbonyl (C=O) groups is 1. The summed E-state index contributed by atoms with van der Waals surface area (Å²) in [4.78, 5) is 16.3. The van der Waals surface area contributed by atoms with Crippen molar-refractivity contribution in [3.63, 3.8) is 0 Å². The summed E-state index contributed by atoms with van der Waals surface area (Å²) in [6, 6.07) is 18.2.